The fourth-order valence-corrected chi connectivity index (χ4v) is 5.63. The summed E-state index contributed by atoms with van der Waals surface area (Å²) in [6.45, 7) is 5.13. The zero-order valence-electron chi connectivity index (χ0n) is 20.6. The number of carbonyl (C=O) groups excluding carboxylic acids is 2. The molecule has 2 bridgehead atoms. The summed E-state index contributed by atoms with van der Waals surface area (Å²) in [4.78, 5) is 26.7. The molecule has 6 rings (SSSR count). The van der Waals surface area contributed by atoms with Crippen molar-refractivity contribution < 1.29 is 35.8 Å². The number of halogens is 1. The van der Waals surface area contributed by atoms with Gasteiger partial charge in [0.25, 0.3) is 0 Å². The van der Waals surface area contributed by atoms with Gasteiger partial charge in [-0.2, -0.15) is 0 Å². The molecule has 3 aromatic rings. The molecule has 36 heavy (non-hydrogen) atoms. The normalized spacial score (nSPS) is 23.2. The Morgan fingerprint density at radius 1 is 0.944 bits per heavy atom. The van der Waals surface area contributed by atoms with Crippen LogP contribution in [0.25, 0.3) is 0 Å². The molecule has 3 aromatic carbocycles. The summed E-state index contributed by atoms with van der Waals surface area (Å²) >= 11 is 0. The topological polar surface area (TPSA) is 55.4 Å². The molecule has 3 aliphatic heterocycles. The van der Waals surface area contributed by atoms with Gasteiger partial charge in [0.2, 0.25) is 5.78 Å². The van der Waals surface area contributed by atoms with Gasteiger partial charge in [-0.25, -0.2) is 4.79 Å². The van der Waals surface area contributed by atoms with E-state index in [-0.39, 0.29) is 34.8 Å². The molecule has 6 heteroatoms. The van der Waals surface area contributed by atoms with Crippen LogP contribution in [0.3, 0.4) is 0 Å². The molecule has 0 aliphatic carbocycles. The summed E-state index contributed by atoms with van der Waals surface area (Å²) < 4.78 is 6.93. The predicted molar refractivity (Wildman–Crippen MR) is 137 cm³/mol. The van der Waals surface area contributed by atoms with Crippen LogP contribution in [-0.2, 0) is 9.53 Å². The van der Waals surface area contributed by atoms with Gasteiger partial charge in [0.05, 0.1) is 13.1 Å². The van der Waals surface area contributed by atoms with Crippen LogP contribution >= 0.6 is 0 Å². The number of nitrogens with zero attached hydrogens (tertiary/aromatic N) is 1. The number of benzene rings is 3. The molecule has 3 heterocycles. The third kappa shape index (κ3) is 5.88. The molecular weight excluding hydrogens is 516 g/mol. The van der Waals surface area contributed by atoms with Crippen LogP contribution in [0.1, 0.15) is 40.4 Å². The van der Waals surface area contributed by atoms with E-state index in [4.69, 9.17) is 4.74 Å². The number of Topliss-reactive ketones (excluding diaryl/α,β-unsaturated/α-hetero) is 1. The Balaban J connectivity index is 0.00000304. The first-order valence-corrected chi connectivity index (χ1v) is 12.5. The van der Waals surface area contributed by atoms with Crippen LogP contribution in [0.5, 0.6) is 0 Å². The minimum Gasteiger partial charge on any atom is -1.00 e. The summed E-state index contributed by atoms with van der Waals surface area (Å²) in [7, 11) is 0. The number of hydrogen-bond donors (Lipinski definition) is 1. The number of ether oxygens (including phenoxy) is 1. The van der Waals surface area contributed by atoms with Gasteiger partial charge in [0.15, 0.2) is 12.1 Å². The van der Waals surface area contributed by atoms with Gasteiger partial charge in [-0.3, -0.25) is 4.79 Å². The van der Waals surface area contributed by atoms with Crippen molar-refractivity contribution in [2.45, 2.75) is 31.9 Å². The third-order valence-electron chi connectivity index (χ3n) is 7.58. The lowest BCUT2D eigenvalue weighted by Gasteiger charge is -2.51. The number of piperidine rings is 3. The zero-order chi connectivity index (χ0) is 24.3. The van der Waals surface area contributed by atoms with Gasteiger partial charge in [-0.1, -0.05) is 72.3 Å². The van der Waals surface area contributed by atoms with E-state index in [1.54, 1.807) is 0 Å². The molecule has 0 aromatic heterocycles. The Bertz CT molecular complexity index is 1180. The monoisotopic (exact) mass is 548 g/mol. The highest BCUT2D eigenvalue weighted by Crippen LogP contribution is 2.36. The van der Waals surface area contributed by atoms with E-state index in [9.17, 15) is 9.59 Å². The standard InChI is InChI=1S/C30H33N2O3.BrH/c1-22-9-8-12-25(19-22)27(33)20-32-17-15-23(16-18-32)28(21-32)35-30(34)29(24-10-4-2-5-11-24)31-26-13-6-3-7-14-26;/h2-14,19,23,28-29,31H,15-18,20-21H2,1H3;1H/q+1;/p-1/t23?,28-,29+,32?;/m0./s1. The van der Waals surface area contributed by atoms with Crippen LogP contribution in [0, 0.1) is 12.8 Å². The van der Waals surface area contributed by atoms with Crippen LogP contribution in [0.15, 0.2) is 84.9 Å². The Labute approximate surface area is 223 Å². The highest BCUT2D eigenvalue weighted by molar-refractivity contribution is 5.97. The van der Waals surface area contributed by atoms with Crippen LogP contribution in [-0.4, -0.2) is 48.5 Å². The van der Waals surface area contributed by atoms with Crippen molar-refractivity contribution in [1.82, 2.24) is 0 Å². The van der Waals surface area contributed by atoms with E-state index >= 15 is 0 Å². The van der Waals surface area contributed by atoms with E-state index in [1.807, 2.05) is 91.9 Å². The predicted octanol–water partition coefficient (Wildman–Crippen LogP) is 2.19. The molecule has 2 atom stereocenters. The Hall–Kier alpha value is -2.96. The van der Waals surface area contributed by atoms with E-state index in [0.29, 0.717) is 23.5 Å². The lowest BCUT2D eigenvalue weighted by Crippen LogP contribution is -3.00. The second-order valence-corrected chi connectivity index (χ2v) is 10.1. The number of esters is 1. The number of quaternary nitrogens is 1. The summed E-state index contributed by atoms with van der Waals surface area (Å²) in [5.41, 5.74) is 3.62. The molecule has 3 fully saturated rings. The van der Waals surface area contributed by atoms with Crippen molar-refractivity contribution in [1.29, 1.82) is 0 Å². The Morgan fingerprint density at radius 3 is 2.28 bits per heavy atom. The summed E-state index contributed by atoms with van der Waals surface area (Å²) in [5.74, 6) is 0.273. The van der Waals surface area contributed by atoms with Crippen molar-refractivity contribution in [3.63, 3.8) is 0 Å². The van der Waals surface area contributed by atoms with Gasteiger partial charge in [0, 0.05) is 30.0 Å². The molecular formula is C30H33BrN2O3. The quantitative estimate of drug-likeness (QED) is 0.266. The highest BCUT2D eigenvalue weighted by Gasteiger charge is 2.49. The zero-order valence-corrected chi connectivity index (χ0v) is 22.2. The smallest absolute Gasteiger partial charge is 0.333 e. The molecule has 3 aliphatic rings. The first-order chi connectivity index (χ1) is 17.0. The van der Waals surface area contributed by atoms with Crippen LogP contribution in [0.2, 0.25) is 0 Å². The summed E-state index contributed by atoms with van der Waals surface area (Å²) in [5, 5.41) is 3.36. The van der Waals surface area contributed by atoms with Crippen molar-refractivity contribution in [2.75, 3.05) is 31.5 Å². The average molecular weight is 550 g/mol. The molecule has 5 nitrogen and oxygen atoms in total. The number of nitrogens with one attached hydrogen (secondary N) is 1. The lowest BCUT2D eigenvalue weighted by atomic mass is 9.82. The molecule has 1 N–H and O–H groups in total. The van der Waals surface area contributed by atoms with E-state index in [0.717, 1.165) is 48.3 Å². The van der Waals surface area contributed by atoms with E-state index < -0.39 is 6.04 Å². The van der Waals surface area contributed by atoms with Crippen molar-refractivity contribution in [2.24, 2.45) is 5.92 Å². The molecule has 0 spiro atoms. The number of aryl methyl sites for hydroxylation is 1. The first-order valence-electron chi connectivity index (χ1n) is 12.5. The van der Waals surface area contributed by atoms with Crippen LogP contribution in [0.4, 0.5) is 5.69 Å². The molecule has 188 valence electrons. The third-order valence-corrected chi connectivity index (χ3v) is 7.58. The van der Waals surface area contributed by atoms with Crippen molar-refractivity contribution in [3.05, 3.63) is 102 Å². The number of rotatable bonds is 8. The summed E-state index contributed by atoms with van der Waals surface area (Å²) in [6, 6.07) is 26.7. The number of fused-ring (bicyclic) bond motifs is 3. The molecule has 0 radical (unpaired) electrons. The lowest BCUT2D eigenvalue weighted by molar-refractivity contribution is -0.938. The fraction of sp³-hybridized carbons (Fsp3) is 0.333. The number of anilines is 1. The van der Waals surface area contributed by atoms with Crippen molar-refractivity contribution in [3.8, 4) is 0 Å². The minimum absolute atomic E-state index is 0. The van der Waals surface area contributed by atoms with Gasteiger partial charge in [0.1, 0.15) is 13.1 Å². The van der Waals surface area contributed by atoms with E-state index in [1.165, 1.54) is 0 Å². The molecule has 0 unspecified atom stereocenters. The summed E-state index contributed by atoms with van der Waals surface area (Å²) in [6.07, 6.45) is 1.81. The van der Waals surface area contributed by atoms with Gasteiger partial charge >= 0.3 is 5.97 Å². The van der Waals surface area contributed by atoms with E-state index in [2.05, 4.69) is 5.32 Å². The number of para-hydroxylation sites is 1. The first kappa shape index (κ1) is 26.1. The van der Waals surface area contributed by atoms with Crippen molar-refractivity contribution >= 4 is 17.4 Å². The van der Waals surface area contributed by atoms with Crippen LogP contribution < -0.4 is 22.3 Å². The Morgan fingerprint density at radius 2 is 1.61 bits per heavy atom. The van der Waals surface area contributed by atoms with Gasteiger partial charge < -0.3 is 31.5 Å². The SMILES string of the molecule is Cc1cccc(C(=O)C[N+]23CCC(CC2)[C@@H](OC(=O)[C@H](Nc2ccccc2)c2ccccc2)C3)c1.[Br-]. The maximum Gasteiger partial charge on any atom is 0.333 e. The van der Waals surface area contributed by atoms with Gasteiger partial charge in [-0.05, 0) is 30.7 Å². The maximum absolute atomic E-state index is 13.5. The molecule has 3 saturated heterocycles. The molecule has 0 saturated carbocycles. The maximum atomic E-state index is 13.5. The fourth-order valence-electron chi connectivity index (χ4n) is 5.63. The van der Waals surface area contributed by atoms with Gasteiger partial charge in [-0.15, -0.1) is 0 Å². The second-order valence-electron chi connectivity index (χ2n) is 10.1. The largest absolute Gasteiger partial charge is 1.00 e. The second kappa shape index (κ2) is 11.4. The highest BCUT2D eigenvalue weighted by atomic mass is 79.9. The number of carbonyl (C=O) groups is 2. The minimum atomic E-state index is -0.587. The average Bonchev–Trinajstić information content (AvgIpc) is 2.89. The number of hydrogen-bond acceptors (Lipinski definition) is 4. The molecule has 0 amide bonds. The Kier molecular flexibility index (Phi) is 8.27. The number of ketones is 1.